The smallest absolute Gasteiger partial charge is 0.303 e. The van der Waals surface area contributed by atoms with Crippen molar-refractivity contribution in [3.05, 3.63) is 107 Å². The second kappa shape index (κ2) is 11.0. The van der Waals surface area contributed by atoms with E-state index in [2.05, 4.69) is 0 Å². The van der Waals surface area contributed by atoms with Crippen LogP contribution in [0.15, 0.2) is 84.9 Å². The molecule has 0 saturated carbocycles. The van der Waals surface area contributed by atoms with Gasteiger partial charge in [-0.2, -0.15) is 0 Å². The Balaban J connectivity index is 1.54. The highest BCUT2D eigenvalue weighted by atomic mass is 35.5. The maximum Gasteiger partial charge on any atom is 0.303 e. The van der Waals surface area contributed by atoms with Crippen LogP contribution >= 0.6 is 11.6 Å². The van der Waals surface area contributed by atoms with Crippen molar-refractivity contribution in [2.24, 2.45) is 0 Å². The van der Waals surface area contributed by atoms with Gasteiger partial charge in [0.05, 0.1) is 0 Å². The van der Waals surface area contributed by atoms with Crippen molar-refractivity contribution in [1.29, 1.82) is 0 Å². The summed E-state index contributed by atoms with van der Waals surface area (Å²) in [5.74, 6) is 2.67. The quantitative estimate of drug-likeness (QED) is 0.256. The van der Waals surface area contributed by atoms with Gasteiger partial charge in [-0.3, -0.25) is 4.79 Å². The van der Waals surface area contributed by atoms with Gasteiger partial charge in [0.2, 0.25) is 0 Å². The Morgan fingerprint density at radius 2 is 1.46 bits per heavy atom. The molecule has 6 heteroatoms. The lowest BCUT2D eigenvalue weighted by molar-refractivity contribution is -0.136. The number of hydrogen-bond acceptors (Lipinski definition) is 4. The molecule has 0 aliphatic heterocycles. The van der Waals surface area contributed by atoms with Gasteiger partial charge >= 0.3 is 5.97 Å². The number of aryl methyl sites for hydroxylation is 3. The van der Waals surface area contributed by atoms with Crippen LogP contribution in [0.3, 0.4) is 0 Å². The molecule has 0 amide bonds. The van der Waals surface area contributed by atoms with E-state index in [1.807, 2.05) is 80.6 Å². The van der Waals surface area contributed by atoms with Crippen molar-refractivity contribution in [3.63, 3.8) is 0 Å². The maximum absolute atomic E-state index is 10.9. The van der Waals surface area contributed by atoms with Gasteiger partial charge in [-0.25, -0.2) is 0 Å². The van der Waals surface area contributed by atoms with Crippen LogP contribution < -0.4 is 14.2 Å². The van der Waals surface area contributed by atoms with Gasteiger partial charge in [-0.1, -0.05) is 41.9 Å². The molecule has 0 radical (unpaired) electrons. The number of para-hydroxylation sites is 1. The molecular formula is C29H25ClO5. The normalized spacial score (nSPS) is 10.6. The lowest BCUT2D eigenvalue weighted by Gasteiger charge is -2.15. The van der Waals surface area contributed by atoms with Crippen molar-refractivity contribution in [3.8, 4) is 34.5 Å². The summed E-state index contributed by atoms with van der Waals surface area (Å²) in [6, 6.07) is 26.0. The molecule has 4 aromatic rings. The molecule has 0 aliphatic carbocycles. The Morgan fingerprint density at radius 3 is 2.17 bits per heavy atom. The van der Waals surface area contributed by atoms with E-state index in [0.29, 0.717) is 45.9 Å². The lowest BCUT2D eigenvalue weighted by Crippen LogP contribution is -1.99. The summed E-state index contributed by atoms with van der Waals surface area (Å²) in [5, 5.41) is 9.38. The van der Waals surface area contributed by atoms with Crippen LogP contribution in [0.25, 0.3) is 0 Å². The number of carbonyl (C=O) groups is 1. The molecule has 0 heterocycles. The summed E-state index contributed by atoms with van der Waals surface area (Å²) < 4.78 is 18.2. The van der Waals surface area contributed by atoms with Crippen molar-refractivity contribution >= 4 is 17.6 Å². The molecule has 4 rings (SSSR count). The van der Waals surface area contributed by atoms with Crippen LogP contribution in [0.5, 0.6) is 34.5 Å². The van der Waals surface area contributed by atoms with E-state index in [-0.39, 0.29) is 6.42 Å². The summed E-state index contributed by atoms with van der Waals surface area (Å²) >= 11 is 6.36. The van der Waals surface area contributed by atoms with Crippen molar-refractivity contribution < 1.29 is 24.1 Å². The highest BCUT2D eigenvalue weighted by molar-refractivity contribution is 6.30. The fourth-order valence-corrected chi connectivity index (χ4v) is 3.78. The summed E-state index contributed by atoms with van der Waals surface area (Å²) in [5.41, 5.74) is 2.98. The van der Waals surface area contributed by atoms with E-state index in [1.165, 1.54) is 0 Å². The minimum atomic E-state index is -0.818. The van der Waals surface area contributed by atoms with Gasteiger partial charge in [-0.05, 0) is 85.5 Å². The molecule has 0 fully saturated rings. The van der Waals surface area contributed by atoms with Crippen molar-refractivity contribution in [2.45, 2.75) is 26.7 Å². The van der Waals surface area contributed by atoms with Crippen LogP contribution in [0.4, 0.5) is 0 Å². The Morgan fingerprint density at radius 1 is 0.743 bits per heavy atom. The number of carboxylic acids is 1. The van der Waals surface area contributed by atoms with Crippen LogP contribution in [0, 0.1) is 13.8 Å². The molecule has 1 N–H and O–H groups in total. The minimum Gasteiger partial charge on any atom is -0.481 e. The molecule has 0 aromatic heterocycles. The summed E-state index contributed by atoms with van der Waals surface area (Å²) in [6.45, 7) is 3.92. The van der Waals surface area contributed by atoms with Crippen LogP contribution in [0.2, 0.25) is 5.02 Å². The van der Waals surface area contributed by atoms with Gasteiger partial charge in [-0.15, -0.1) is 0 Å². The Bertz CT molecular complexity index is 1330. The predicted octanol–water partition coefficient (Wildman–Crippen LogP) is 8.35. The highest BCUT2D eigenvalue weighted by Crippen LogP contribution is 2.38. The Kier molecular flexibility index (Phi) is 7.58. The van der Waals surface area contributed by atoms with Crippen molar-refractivity contribution in [2.75, 3.05) is 0 Å². The number of aliphatic carboxylic acids is 1. The first-order chi connectivity index (χ1) is 16.9. The van der Waals surface area contributed by atoms with E-state index < -0.39 is 5.97 Å². The first-order valence-electron chi connectivity index (χ1n) is 11.2. The highest BCUT2D eigenvalue weighted by Gasteiger charge is 2.11. The van der Waals surface area contributed by atoms with Crippen LogP contribution in [0.1, 0.15) is 23.1 Å². The average Bonchev–Trinajstić information content (AvgIpc) is 2.80. The van der Waals surface area contributed by atoms with Gasteiger partial charge < -0.3 is 19.3 Å². The summed E-state index contributed by atoms with van der Waals surface area (Å²) in [4.78, 5) is 10.9. The van der Waals surface area contributed by atoms with E-state index in [0.717, 1.165) is 16.7 Å². The van der Waals surface area contributed by atoms with Gasteiger partial charge in [0, 0.05) is 17.5 Å². The molecule has 0 atom stereocenters. The van der Waals surface area contributed by atoms with E-state index in [4.69, 9.17) is 30.9 Å². The van der Waals surface area contributed by atoms with Crippen molar-refractivity contribution in [1.82, 2.24) is 0 Å². The van der Waals surface area contributed by atoms with Gasteiger partial charge in [0.1, 0.15) is 23.0 Å². The maximum atomic E-state index is 10.9. The second-order valence-corrected chi connectivity index (χ2v) is 8.61. The SMILES string of the molecule is Cc1ccc(Oc2cc(Cl)cc(Oc3ccc(CCC(=O)O)c(C)c3)c2)c(Oc2ccccc2)c1. The molecule has 5 nitrogen and oxygen atoms in total. The number of benzene rings is 4. The standard InChI is InChI=1S/C29H25ClO5/c1-19-8-12-27(28(14-19)34-23-6-4-3-5-7-23)35-26-17-22(30)16-25(18-26)33-24-11-9-21(20(2)15-24)10-13-29(31)32/h3-9,11-12,14-18H,10,13H2,1-2H3,(H,31,32). The molecular weight excluding hydrogens is 464 g/mol. The topological polar surface area (TPSA) is 65.0 Å². The number of halogens is 1. The molecule has 0 saturated heterocycles. The molecule has 4 aromatic carbocycles. The third-order valence-corrected chi connectivity index (χ3v) is 5.52. The van der Waals surface area contributed by atoms with Crippen LogP contribution in [-0.4, -0.2) is 11.1 Å². The minimum absolute atomic E-state index is 0.0883. The second-order valence-electron chi connectivity index (χ2n) is 8.17. The monoisotopic (exact) mass is 488 g/mol. The number of rotatable bonds is 9. The number of carboxylic acid groups (broad SMARTS) is 1. The third kappa shape index (κ3) is 6.78. The Hall–Kier alpha value is -3.96. The first-order valence-corrected chi connectivity index (χ1v) is 11.5. The Labute approximate surface area is 209 Å². The largest absolute Gasteiger partial charge is 0.481 e. The number of hydrogen-bond donors (Lipinski definition) is 1. The van der Waals surface area contributed by atoms with E-state index in [1.54, 1.807) is 18.2 Å². The fourth-order valence-electron chi connectivity index (χ4n) is 3.57. The zero-order chi connectivity index (χ0) is 24.8. The zero-order valence-corrected chi connectivity index (χ0v) is 20.2. The summed E-state index contributed by atoms with van der Waals surface area (Å²) in [6.07, 6.45) is 0.561. The lowest BCUT2D eigenvalue weighted by atomic mass is 10.0. The van der Waals surface area contributed by atoms with E-state index >= 15 is 0 Å². The molecule has 0 aliphatic rings. The number of ether oxygens (including phenoxy) is 3. The van der Waals surface area contributed by atoms with Gasteiger partial charge in [0.15, 0.2) is 11.5 Å². The molecule has 0 bridgehead atoms. The predicted molar refractivity (Wildman–Crippen MR) is 136 cm³/mol. The molecule has 0 spiro atoms. The first kappa shape index (κ1) is 24.2. The molecule has 35 heavy (non-hydrogen) atoms. The summed E-state index contributed by atoms with van der Waals surface area (Å²) in [7, 11) is 0. The fraction of sp³-hybridized carbons (Fsp3) is 0.138. The third-order valence-electron chi connectivity index (χ3n) is 5.30. The molecule has 178 valence electrons. The van der Waals surface area contributed by atoms with Crippen LogP contribution in [-0.2, 0) is 11.2 Å². The zero-order valence-electron chi connectivity index (χ0n) is 19.5. The van der Waals surface area contributed by atoms with Gasteiger partial charge in [0.25, 0.3) is 0 Å². The average molecular weight is 489 g/mol. The van der Waals surface area contributed by atoms with E-state index in [9.17, 15) is 4.79 Å². The molecule has 0 unspecified atom stereocenters.